The quantitative estimate of drug-likeness (QED) is 0.596. The molecule has 2 aromatic heterocycles. The Morgan fingerprint density at radius 1 is 1.34 bits per heavy atom. The number of halogens is 4. The van der Waals surface area contributed by atoms with E-state index in [1.165, 1.54) is 11.3 Å². The highest BCUT2D eigenvalue weighted by Gasteiger charge is 2.38. The summed E-state index contributed by atoms with van der Waals surface area (Å²) in [6.45, 7) is 0.699. The van der Waals surface area contributed by atoms with E-state index in [0.717, 1.165) is 10.4 Å². The number of rotatable bonds is 4. The molecule has 29 heavy (non-hydrogen) atoms. The second-order valence-electron chi connectivity index (χ2n) is 6.29. The second kappa shape index (κ2) is 7.68. The molecule has 11 heteroatoms. The van der Waals surface area contributed by atoms with Gasteiger partial charge in [-0.15, -0.1) is 11.3 Å². The van der Waals surface area contributed by atoms with Crippen LogP contribution < -0.4 is 4.74 Å². The van der Waals surface area contributed by atoms with E-state index in [-0.39, 0.29) is 18.3 Å². The highest BCUT2D eigenvalue weighted by Crippen LogP contribution is 2.35. The zero-order valence-corrected chi connectivity index (χ0v) is 16.3. The first-order valence-electron chi connectivity index (χ1n) is 8.48. The molecule has 0 N–H and O–H groups in total. The number of fused-ring (bicyclic) bond motifs is 1. The number of carbonyl (C=O) groups excluding carboxylic acids is 1. The Labute approximate surface area is 171 Å². The first kappa shape index (κ1) is 19.7. The molecule has 6 nitrogen and oxygen atoms in total. The third kappa shape index (κ3) is 4.38. The van der Waals surface area contributed by atoms with Crippen LogP contribution in [0.5, 0.6) is 5.75 Å². The average Bonchev–Trinajstić information content (AvgIpc) is 3.32. The fourth-order valence-corrected chi connectivity index (χ4v) is 4.16. The molecule has 0 aliphatic carbocycles. The van der Waals surface area contributed by atoms with Gasteiger partial charge < -0.3 is 14.2 Å². The Balaban J connectivity index is 1.42. The number of alkyl halides is 3. The van der Waals surface area contributed by atoms with Crippen LogP contribution in [0.2, 0.25) is 5.02 Å². The van der Waals surface area contributed by atoms with E-state index in [1.54, 1.807) is 35.2 Å². The van der Waals surface area contributed by atoms with E-state index in [1.807, 2.05) is 0 Å². The largest absolute Gasteiger partial charge is 0.484 e. The molecular formula is C18H13ClF3N3O3S. The van der Waals surface area contributed by atoms with Crippen LogP contribution in [-0.4, -0.2) is 34.1 Å². The molecule has 3 aromatic rings. The molecule has 0 saturated heterocycles. The van der Waals surface area contributed by atoms with Gasteiger partial charge in [0.25, 0.3) is 5.91 Å². The Bertz CT molecular complexity index is 1050. The number of amides is 1. The summed E-state index contributed by atoms with van der Waals surface area (Å²) in [7, 11) is 0. The molecule has 1 aromatic carbocycles. The van der Waals surface area contributed by atoms with Crippen molar-refractivity contribution in [1.29, 1.82) is 0 Å². The summed E-state index contributed by atoms with van der Waals surface area (Å²) >= 11 is 7.19. The highest BCUT2D eigenvalue weighted by atomic mass is 35.5. The van der Waals surface area contributed by atoms with Crippen LogP contribution in [0.4, 0.5) is 13.2 Å². The summed E-state index contributed by atoms with van der Waals surface area (Å²) in [5, 5.41) is 3.93. The van der Waals surface area contributed by atoms with Crippen LogP contribution in [0.3, 0.4) is 0 Å². The van der Waals surface area contributed by atoms with Crippen LogP contribution >= 0.6 is 22.9 Å². The standard InChI is InChI=1S/C18H13ClF3N3O3S/c19-11-2-1-3-12(7-11)27-9-15(26)25-5-4-13-10(8-25)6-14(29-13)16-23-17(28-24-16)18(20,21)22/h1-3,6-7H,4-5,8-9H2. The molecule has 152 valence electrons. The van der Waals surface area contributed by atoms with Crippen LogP contribution in [0.1, 0.15) is 16.3 Å². The van der Waals surface area contributed by atoms with Gasteiger partial charge in [0.15, 0.2) is 6.61 Å². The van der Waals surface area contributed by atoms with Gasteiger partial charge in [-0.1, -0.05) is 22.8 Å². The molecule has 1 aliphatic heterocycles. The van der Waals surface area contributed by atoms with Gasteiger partial charge >= 0.3 is 12.1 Å². The molecule has 0 bridgehead atoms. The third-order valence-electron chi connectivity index (χ3n) is 4.27. The maximum atomic E-state index is 12.6. The van der Waals surface area contributed by atoms with Crippen molar-refractivity contribution in [3.63, 3.8) is 0 Å². The van der Waals surface area contributed by atoms with E-state index in [0.29, 0.717) is 35.2 Å². The maximum absolute atomic E-state index is 12.6. The fourth-order valence-electron chi connectivity index (χ4n) is 2.89. The third-order valence-corrected chi connectivity index (χ3v) is 5.73. The number of aromatic nitrogens is 2. The predicted molar refractivity (Wildman–Crippen MR) is 98.7 cm³/mol. The first-order valence-corrected chi connectivity index (χ1v) is 9.68. The molecular weight excluding hydrogens is 431 g/mol. The van der Waals surface area contributed by atoms with Crippen molar-refractivity contribution in [3.05, 3.63) is 51.7 Å². The van der Waals surface area contributed by atoms with Crippen molar-refractivity contribution < 1.29 is 27.2 Å². The van der Waals surface area contributed by atoms with Gasteiger partial charge in [-0.05, 0) is 36.2 Å². The van der Waals surface area contributed by atoms with Crippen molar-refractivity contribution >= 4 is 28.8 Å². The number of thiophene rings is 1. The Morgan fingerprint density at radius 3 is 2.90 bits per heavy atom. The van der Waals surface area contributed by atoms with Crippen LogP contribution in [0.25, 0.3) is 10.7 Å². The van der Waals surface area contributed by atoms with Crippen LogP contribution in [0, 0.1) is 0 Å². The summed E-state index contributed by atoms with van der Waals surface area (Å²) in [6, 6.07) is 8.46. The molecule has 0 radical (unpaired) electrons. The lowest BCUT2D eigenvalue weighted by Gasteiger charge is -2.26. The van der Waals surface area contributed by atoms with E-state index < -0.39 is 12.1 Å². The summed E-state index contributed by atoms with van der Waals surface area (Å²) < 4.78 is 47.7. The molecule has 0 spiro atoms. The number of ether oxygens (including phenoxy) is 1. The molecule has 0 fully saturated rings. The van der Waals surface area contributed by atoms with Crippen molar-refractivity contribution in [3.8, 4) is 16.5 Å². The van der Waals surface area contributed by atoms with Gasteiger partial charge in [0.1, 0.15) is 5.75 Å². The minimum atomic E-state index is -4.69. The SMILES string of the molecule is O=C(COc1cccc(Cl)c1)N1CCc2sc(-c3noc(C(F)(F)F)n3)cc2C1. The summed E-state index contributed by atoms with van der Waals surface area (Å²) in [4.78, 5) is 19.0. The molecule has 1 amide bonds. The van der Waals surface area contributed by atoms with E-state index >= 15 is 0 Å². The summed E-state index contributed by atoms with van der Waals surface area (Å²) in [5.41, 5.74) is 0.853. The van der Waals surface area contributed by atoms with Crippen molar-refractivity contribution in [2.24, 2.45) is 0 Å². The minimum Gasteiger partial charge on any atom is -0.484 e. The molecule has 0 unspecified atom stereocenters. The lowest BCUT2D eigenvalue weighted by atomic mass is 10.1. The maximum Gasteiger partial charge on any atom is 0.471 e. The van der Waals surface area contributed by atoms with Crippen molar-refractivity contribution in [2.75, 3.05) is 13.2 Å². The first-order chi connectivity index (χ1) is 13.8. The fraction of sp³-hybridized carbons (Fsp3) is 0.278. The van der Waals surface area contributed by atoms with Gasteiger partial charge in [-0.3, -0.25) is 4.79 Å². The van der Waals surface area contributed by atoms with Crippen molar-refractivity contribution in [1.82, 2.24) is 15.0 Å². The molecule has 1 aliphatic rings. The van der Waals surface area contributed by atoms with Crippen LogP contribution in [0.15, 0.2) is 34.9 Å². The second-order valence-corrected chi connectivity index (χ2v) is 7.86. The number of benzene rings is 1. The lowest BCUT2D eigenvalue weighted by Crippen LogP contribution is -2.38. The Hall–Kier alpha value is -2.59. The average molecular weight is 444 g/mol. The monoisotopic (exact) mass is 443 g/mol. The van der Waals surface area contributed by atoms with E-state index in [9.17, 15) is 18.0 Å². The van der Waals surface area contributed by atoms with Gasteiger partial charge in [0.2, 0.25) is 5.82 Å². The normalized spacial score (nSPS) is 14.0. The van der Waals surface area contributed by atoms with Gasteiger partial charge in [-0.2, -0.15) is 18.2 Å². The molecule has 0 saturated carbocycles. The Morgan fingerprint density at radius 2 is 2.17 bits per heavy atom. The van der Waals surface area contributed by atoms with E-state index in [2.05, 4.69) is 14.7 Å². The number of carbonyl (C=O) groups is 1. The zero-order valence-electron chi connectivity index (χ0n) is 14.7. The van der Waals surface area contributed by atoms with Gasteiger partial charge in [0.05, 0.1) is 4.88 Å². The number of hydrogen-bond donors (Lipinski definition) is 0. The van der Waals surface area contributed by atoms with Crippen molar-refractivity contribution in [2.45, 2.75) is 19.1 Å². The molecule has 3 heterocycles. The minimum absolute atomic E-state index is 0.112. The molecule has 4 rings (SSSR count). The van der Waals surface area contributed by atoms with Crippen LogP contribution in [-0.2, 0) is 23.9 Å². The topological polar surface area (TPSA) is 68.5 Å². The number of nitrogens with zero attached hydrogens (tertiary/aromatic N) is 3. The predicted octanol–water partition coefficient (Wildman–Crippen LogP) is 4.43. The van der Waals surface area contributed by atoms with Gasteiger partial charge in [-0.25, -0.2) is 0 Å². The Kier molecular flexibility index (Phi) is 5.22. The summed E-state index contributed by atoms with van der Waals surface area (Å²) in [5.74, 6) is -1.19. The molecule has 0 atom stereocenters. The highest BCUT2D eigenvalue weighted by molar-refractivity contribution is 7.15. The zero-order chi connectivity index (χ0) is 20.6. The van der Waals surface area contributed by atoms with Gasteiger partial charge in [0, 0.05) is 23.0 Å². The summed E-state index contributed by atoms with van der Waals surface area (Å²) in [6.07, 6.45) is -4.10. The smallest absolute Gasteiger partial charge is 0.471 e. The number of hydrogen-bond acceptors (Lipinski definition) is 6. The lowest BCUT2D eigenvalue weighted by molar-refractivity contribution is -0.159. The van der Waals surface area contributed by atoms with E-state index in [4.69, 9.17) is 16.3 Å².